The molecule has 1 atom stereocenters. The van der Waals surface area contributed by atoms with E-state index in [-0.39, 0.29) is 25.0 Å². The Balaban J connectivity index is 2.03. The van der Waals surface area contributed by atoms with Crippen LogP contribution in [0.1, 0.15) is 24.0 Å². The number of nitrogens with one attached hydrogen (secondary N) is 1. The molecule has 0 amide bonds. The normalized spacial score (nSPS) is 20.4. The van der Waals surface area contributed by atoms with Gasteiger partial charge in [-0.1, -0.05) is 12.1 Å². The van der Waals surface area contributed by atoms with Gasteiger partial charge in [0.05, 0.1) is 6.61 Å². The number of benzene rings is 1. The Morgan fingerprint density at radius 3 is 2.90 bits per heavy atom. The lowest BCUT2D eigenvalue weighted by atomic mass is 10.1. The first-order valence-corrected chi connectivity index (χ1v) is 8.00. The summed E-state index contributed by atoms with van der Waals surface area (Å²) in [4.78, 5) is 0. The Labute approximate surface area is 118 Å². The minimum Gasteiger partial charge on any atom is -0.395 e. The average molecular weight is 302 g/mol. The lowest BCUT2D eigenvalue weighted by molar-refractivity contribution is 0.212. The molecule has 0 unspecified atom stereocenters. The lowest BCUT2D eigenvalue weighted by Crippen LogP contribution is -2.44. The van der Waals surface area contributed by atoms with Gasteiger partial charge in [-0.3, -0.25) is 0 Å². The van der Waals surface area contributed by atoms with E-state index >= 15 is 0 Å². The van der Waals surface area contributed by atoms with E-state index in [1.54, 1.807) is 19.1 Å². The van der Waals surface area contributed by atoms with Gasteiger partial charge in [0, 0.05) is 19.1 Å². The van der Waals surface area contributed by atoms with Gasteiger partial charge in [-0.15, -0.1) is 0 Å². The van der Waals surface area contributed by atoms with Gasteiger partial charge in [0.15, 0.2) is 0 Å². The molecule has 0 radical (unpaired) electrons. The van der Waals surface area contributed by atoms with Crippen LogP contribution in [0.2, 0.25) is 0 Å². The van der Waals surface area contributed by atoms with E-state index in [4.69, 9.17) is 0 Å². The summed E-state index contributed by atoms with van der Waals surface area (Å²) in [5.74, 6) is -0.309. The third kappa shape index (κ3) is 3.35. The van der Waals surface area contributed by atoms with Gasteiger partial charge < -0.3 is 5.11 Å². The molecule has 0 aromatic heterocycles. The molecule has 1 aliphatic rings. The van der Waals surface area contributed by atoms with E-state index < -0.39 is 10.2 Å². The highest BCUT2D eigenvalue weighted by atomic mass is 32.2. The van der Waals surface area contributed by atoms with Crippen molar-refractivity contribution in [1.82, 2.24) is 9.03 Å². The fourth-order valence-electron chi connectivity index (χ4n) is 2.38. The largest absolute Gasteiger partial charge is 0.395 e. The first-order valence-electron chi connectivity index (χ1n) is 6.56. The molecule has 5 nitrogen and oxygen atoms in total. The molecule has 20 heavy (non-hydrogen) atoms. The van der Waals surface area contributed by atoms with Crippen LogP contribution in [0.15, 0.2) is 18.2 Å². The smallest absolute Gasteiger partial charge is 0.280 e. The zero-order valence-electron chi connectivity index (χ0n) is 11.3. The van der Waals surface area contributed by atoms with Crippen LogP contribution in [0.3, 0.4) is 0 Å². The molecule has 0 bridgehead atoms. The third-order valence-corrected chi connectivity index (χ3v) is 5.13. The second kappa shape index (κ2) is 6.17. The van der Waals surface area contributed by atoms with Gasteiger partial charge >= 0.3 is 0 Å². The summed E-state index contributed by atoms with van der Waals surface area (Å²) in [7, 11) is -3.61. The SMILES string of the molecule is Cc1cc(CNS(=O)(=O)N2CCC[C@H]2CO)ccc1F. The molecule has 1 saturated heterocycles. The Morgan fingerprint density at radius 2 is 2.25 bits per heavy atom. The third-order valence-electron chi connectivity index (χ3n) is 3.52. The molecule has 1 aromatic rings. The van der Waals surface area contributed by atoms with Crippen LogP contribution in [-0.2, 0) is 16.8 Å². The van der Waals surface area contributed by atoms with Crippen LogP contribution in [0.25, 0.3) is 0 Å². The van der Waals surface area contributed by atoms with E-state index in [1.165, 1.54) is 10.4 Å². The van der Waals surface area contributed by atoms with Crippen molar-refractivity contribution in [2.75, 3.05) is 13.2 Å². The van der Waals surface area contributed by atoms with Crippen LogP contribution < -0.4 is 4.72 Å². The highest BCUT2D eigenvalue weighted by Gasteiger charge is 2.33. The summed E-state index contributed by atoms with van der Waals surface area (Å²) >= 11 is 0. The minimum absolute atomic E-state index is 0.109. The maximum absolute atomic E-state index is 13.1. The molecular formula is C13H19FN2O3S. The summed E-state index contributed by atoms with van der Waals surface area (Å²) in [6, 6.07) is 4.15. The van der Waals surface area contributed by atoms with E-state index in [9.17, 15) is 17.9 Å². The molecule has 1 fully saturated rings. The van der Waals surface area contributed by atoms with E-state index in [2.05, 4.69) is 4.72 Å². The summed E-state index contributed by atoms with van der Waals surface area (Å²) in [6.45, 7) is 1.99. The Morgan fingerprint density at radius 1 is 1.50 bits per heavy atom. The van der Waals surface area contributed by atoms with Crippen molar-refractivity contribution < 1.29 is 17.9 Å². The minimum atomic E-state index is -3.61. The predicted molar refractivity (Wildman–Crippen MR) is 73.7 cm³/mol. The van der Waals surface area contributed by atoms with Crippen molar-refractivity contribution in [3.63, 3.8) is 0 Å². The van der Waals surface area contributed by atoms with Crippen LogP contribution in [0.4, 0.5) is 4.39 Å². The summed E-state index contributed by atoms with van der Waals surface area (Å²) < 4.78 is 41.2. The van der Waals surface area contributed by atoms with Crippen molar-refractivity contribution in [3.8, 4) is 0 Å². The van der Waals surface area contributed by atoms with Crippen molar-refractivity contribution in [2.24, 2.45) is 0 Å². The van der Waals surface area contributed by atoms with Crippen LogP contribution in [-0.4, -0.2) is 37.0 Å². The Bertz CT molecular complexity index is 577. The van der Waals surface area contributed by atoms with Gasteiger partial charge in [0.1, 0.15) is 5.82 Å². The Kier molecular flexibility index (Phi) is 4.74. The lowest BCUT2D eigenvalue weighted by Gasteiger charge is -2.22. The van der Waals surface area contributed by atoms with E-state index in [0.29, 0.717) is 24.1 Å². The fraction of sp³-hybridized carbons (Fsp3) is 0.538. The van der Waals surface area contributed by atoms with Crippen molar-refractivity contribution in [1.29, 1.82) is 0 Å². The second-order valence-corrected chi connectivity index (χ2v) is 6.71. The van der Waals surface area contributed by atoms with Gasteiger partial charge in [0.25, 0.3) is 10.2 Å². The molecule has 1 aromatic carbocycles. The molecule has 0 aliphatic carbocycles. The van der Waals surface area contributed by atoms with Gasteiger partial charge in [-0.25, -0.2) is 4.39 Å². The quantitative estimate of drug-likeness (QED) is 0.850. The fourth-order valence-corrected chi connectivity index (χ4v) is 3.83. The number of nitrogens with zero attached hydrogens (tertiary/aromatic N) is 1. The van der Waals surface area contributed by atoms with E-state index in [0.717, 1.165) is 6.42 Å². The first kappa shape index (κ1) is 15.4. The van der Waals surface area contributed by atoms with Gasteiger partial charge in [-0.2, -0.15) is 17.4 Å². The number of aliphatic hydroxyl groups excluding tert-OH is 1. The van der Waals surface area contributed by atoms with Crippen LogP contribution >= 0.6 is 0 Å². The molecule has 112 valence electrons. The summed E-state index contributed by atoms with van der Waals surface area (Å²) in [6.07, 6.45) is 1.43. The maximum Gasteiger partial charge on any atom is 0.280 e. The molecule has 2 rings (SSSR count). The molecule has 0 spiro atoms. The number of hydrogen-bond acceptors (Lipinski definition) is 3. The highest BCUT2D eigenvalue weighted by Crippen LogP contribution is 2.20. The van der Waals surface area contributed by atoms with Gasteiger partial charge in [-0.05, 0) is 37.0 Å². The van der Waals surface area contributed by atoms with Crippen molar-refractivity contribution >= 4 is 10.2 Å². The van der Waals surface area contributed by atoms with Crippen molar-refractivity contribution in [3.05, 3.63) is 35.1 Å². The number of hydrogen-bond donors (Lipinski definition) is 2. The summed E-state index contributed by atoms with van der Waals surface area (Å²) in [5.41, 5.74) is 1.18. The topological polar surface area (TPSA) is 69.6 Å². The maximum atomic E-state index is 13.1. The van der Waals surface area contributed by atoms with Crippen molar-refractivity contribution in [2.45, 2.75) is 32.4 Å². The standard InChI is InChI=1S/C13H19FN2O3S/c1-10-7-11(4-5-13(10)14)8-15-20(18,19)16-6-2-3-12(16)9-17/h4-5,7,12,15,17H,2-3,6,8-9H2,1H3/t12-/m0/s1. The second-order valence-electron chi connectivity index (χ2n) is 5.00. The monoisotopic (exact) mass is 302 g/mol. The number of aryl methyl sites for hydroxylation is 1. The molecular weight excluding hydrogens is 283 g/mol. The molecule has 1 heterocycles. The zero-order valence-corrected chi connectivity index (χ0v) is 12.2. The first-order chi connectivity index (χ1) is 9.44. The van der Waals surface area contributed by atoms with Crippen LogP contribution in [0.5, 0.6) is 0 Å². The van der Waals surface area contributed by atoms with Gasteiger partial charge in [0.2, 0.25) is 0 Å². The van der Waals surface area contributed by atoms with E-state index in [1.807, 2.05) is 0 Å². The number of rotatable bonds is 5. The molecule has 0 saturated carbocycles. The van der Waals surface area contributed by atoms with Crippen LogP contribution in [0, 0.1) is 12.7 Å². The average Bonchev–Trinajstić information content (AvgIpc) is 2.89. The number of aliphatic hydroxyl groups is 1. The molecule has 2 N–H and O–H groups in total. The Hall–Kier alpha value is -1.02. The molecule has 1 aliphatic heterocycles. The summed E-state index contributed by atoms with van der Waals surface area (Å²) in [5, 5.41) is 9.18. The zero-order chi connectivity index (χ0) is 14.8. The predicted octanol–water partition coefficient (Wildman–Crippen LogP) is 0.925. The highest BCUT2D eigenvalue weighted by molar-refractivity contribution is 7.87. The molecule has 7 heteroatoms. The number of halogens is 1.